The first-order valence-electron chi connectivity index (χ1n) is 11.3. The number of alkyl halides is 3. The normalized spacial score (nSPS) is 12.5. The van der Waals surface area contributed by atoms with Crippen molar-refractivity contribution in [3.63, 3.8) is 0 Å². The number of rotatable bonds is 4. The van der Waals surface area contributed by atoms with Gasteiger partial charge in [-0.15, -0.1) is 11.5 Å². The molecular formula is C25H24Cl2F3N5O3. The Bertz CT molecular complexity index is 1410. The molecule has 1 aliphatic rings. The van der Waals surface area contributed by atoms with Gasteiger partial charge in [-0.2, -0.15) is 17.9 Å². The Hall–Kier alpha value is -3.62. The summed E-state index contributed by atoms with van der Waals surface area (Å²) in [5, 5.41) is 7.38. The predicted molar refractivity (Wildman–Crippen MR) is 139 cm³/mol. The van der Waals surface area contributed by atoms with Crippen molar-refractivity contribution in [1.29, 1.82) is 0 Å². The number of anilines is 1. The number of halogens is 5. The number of benzene rings is 2. The first-order valence-corrected chi connectivity index (χ1v) is 12.1. The molecule has 2 amide bonds. The molecule has 13 heteroatoms. The third kappa shape index (κ3) is 7.02. The SMILES string of the molecule is C#CCOc1cc(-n2nc3n(c2=O)CCCC3)c(Cl)cc1Cl.CN(C)C(=O)Nc1cccc(C(F)(F)F)c1. The Morgan fingerprint density at radius 1 is 1.21 bits per heavy atom. The average Bonchev–Trinajstić information content (AvgIpc) is 3.20. The van der Waals surface area contributed by atoms with E-state index >= 15 is 0 Å². The summed E-state index contributed by atoms with van der Waals surface area (Å²) in [6.45, 7) is 0.759. The summed E-state index contributed by atoms with van der Waals surface area (Å²) in [7, 11) is 3.01. The number of carbonyl (C=O) groups is 1. The van der Waals surface area contributed by atoms with Crippen LogP contribution < -0.4 is 15.7 Å². The van der Waals surface area contributed by atoms with Crippen molar-refractivity contribution in [2.45, 2.75) is 32.0 Å². The number of amides is 2. The van der Waals surface area contributed by atoms with Gasteiger partial charge in [-0.3, -0.25) is 4.57 Å². The maximum atomic E-state index is 12.5. The number of hydrogen-bond acceptors (Lipinski definition) is 4. The number of terminal acetylenes is 1. The second kappa shape index (κ2) is 12.3. The Morgan fingerprint density at radius 2 is 1.95 bits per heavy atom. The van der Waals surface area contributed by atoms with Crippen LogP contribution in [0.25, 0.3) is 5.69 Å². The van der Waals surface area contributed by atoms with Crippen LogP contribution in [0.4, 0.5) is 23.7 Å². The van der Waals surface area contributed by atoms with Crippen LogP contribution in [0, 0.1) is 12.3 Å². The van der Waals surface area contributed by atoms with E-state index in [1.54, 1.807) is 10.6 Å². The molecule has 0 saturated carbocycles. The first-order chi connectivity index (χ1) is 17.9. The lowest BCUT2D eigenvalue weighted by Gasteiger charge is -2.13. The van der Waals surface area contributed by atoms with Crippen LogP contribution in [0.15, 0.2) is 41.2 Å². The van der Waals surface area contributed by atoms with Gasteiger partial charge < -0.3 is 15.0 Å². The number of aryl methyl sites for hydroxylation is 1. The molecule has 0 saturated heterocycles. The maximum Gasteiger partial charge on any atom is 0.416 e. The summed E-state index contributed by atoms with van der Waals surface area (Å²) >= 11 is 12.3. The minimum atomic E-state index is -4.40. The van der Waals surface area contributed by atoms with Gasteiger partial charge in [0.1, 0.15) is 18.2 Å². The van der Waals surface area contributed by atoms with Crippen LogP contribution in [0.1, 0.15) is 24.2 Å². The highest BCUT2D eigenvalue weighted by atomic mass is 35.5. The molecule has 8 nitrogen and oxygen atoms in total. The number of aromatic nitrogens is 3. The molecule has 0 unspecified atom stereocenters. The monoisotopic (exact) mass is 569 g/mol. The molecule has 0 aliphatic carbocycles. The van der Waals surface area contributed by atoms with Crippen molar-refractivity contribution >= 4 is 34.9 Å². The third-order valence-corrected chi connectivity index (χ3v) is 5.96. The standard InChI is InChI=1S/C15H13Cl2N3O2.C10H11F3N2O/c1-2-7-22-13-9-12(10(16)8-11(13)17)20-15(21)19-6-4-3-5-14(19)18-20;1-15(2)9(16)14-8-5-3-4-7(6-8)10(11,12)13/h1,8-9H,3-7H2;3-6H,1-2H3,(H,14,16). The molecule has 2 heterocycles. The van der Waals surface area contributed by atoms with E-state index in [0.717, 1.165) is 37.2 Å². The molecule has 0 spiro atoms. The lowest BCUT2D eigenvalue weighted by molar-refractivity contribution is -0.137. The van der Waals surface area contributed by atoms with E-state index in [9.17, 15) is 22.8 Å². The average molecular weight is 570 g/mol. The van der Waals surface area contributed by atoms with E-state index in [2.05, 4.69) is 16.3 Å². The second-order valence-corrected chi connectivity index (χ2v) is 9.16. The molecule has 4 rings (SSSR count). The van der Waals surface area contributed by atoms with Crippen LogP contribution >= 0.6 is 23.2 Å². The number of nitrogens with one attached hydrogen (secondary N) is 1. The molecule has 1 aromatic heterocycles. The van der Waals surface area contributed by atoms with Gasteiger partial charge in [-0.25, -0.2) is 9.59 Å². The van der Waals surface area contributed by atoms with E-state index in [-0.39, 0.29) is 18.0 Å². The lowest BCUT2D eigenvalue weighted by Crippen LogP contribution is -2.27. The van der Waals surface area contributed by atoms with Gasteiger partial charge in [-0.1, -0.05) is 35.2 Å². The fourth-order valence-corrected chi connectivity index (χ4v) is 3.99. The van der Waals surface area contributed by atoms with Gasteiger partial charge >= 0.3 is 17.9 Å². The Kier molecular flexibility index (Phi) is 9.36. The molecule has 1 N–H and O–H groups in total. The van der Waals surface area contributed by atoms with Crippen LogP contribution in [0.2, 0.25) is 10.0 Å². The molecule has 202 valence electrons. The Morgan fingerprint density at radius 3 is 2.58 bits per heavy atom. The van der Waals surface area contributed by atoms with Crippen molar-refractivity contribution in [2.24, 2.45) is 0 Å². The van der Waals surface area contributed by atoms with Crippen molar-refractivity contribution in [3.8, 4) is 23.8 Å². The maximum absolute atomic E-state index is 12.5. The van der Waals surface area contributed by atoms with Gasteiger partial charge in [-0.05, 0) is 37.1 Å². The quantitative estimate of drug-likeness (QED) is 0.421. The van der Waals surface area contributed by atoms with Crippen molar-refractivity contribution in [2.75, 3.05) is 26.0 Å². The Labute approximate surface area is 226 Å². The summed E-state index contributed by atoms with van der Waals surface area (Å²) < 4.78 is 45.4. The van der Waals surface area contributed by atoms with E-state index in [0.29, 0.717) is 28.0 Å². The number of urea groups is 1. The second-order valence-electron chi connectivity index (χ2n) is 8.35. The fraction of sp³-hybridized carbons (Fsp3) is 0.320. The van der Waals surface area contributed by atoms with Crippen molar-refractivity contribution in [3.05, 3.63) is 68.3 Å². The number of hydrogen-bond donors (Lipinski definition) is 1. The van der Waals surface area contributed by atoms with Gasteiger partial charge in [0, 0.05) is 38.8 Å². The van der Waals surface area contributed by atoms with Crippen molar-refractivity contribution in [1.82, 2.24) is 19.2 Å². The van der Waals surface area contributed by atoms with Crippen LogP contribution in [0.5, 0.6) is 5.75 Å². The summed E-state index contributed by atoms with van der Waals surface area (Å²) in [6.07, 6.45) is 3.57. The minimum absolute atomic E-state index is 0.0788. The molecule has 0 radical (unpaired) electrons. The minimum Gasteiger partial charge on any atom is -0.479 e. The lowest BCUT2D eigenvalue weighted by atomic mass is 10.2. The van der Waals surface area contributed by atoms with Crippen LogP contribution in [-0.4, -0.2) is 46.0 Å². The number of carbonyl (C=O) groups excluding carboxylic acids is 1. The van der Waals surface area contributed by atoms with Crippen LogP contribution in [0.3, 0.4) is 0 Å². The highest BCUT2D eigenvalue weighted by Gasteiger charge is 2.30. The number of fused-ring (bicyclic) bond motifs is 1. The number of ether oxygens (including phenoxy) is 1. The molecule has 2 aromatic carbocycles. The highest BCUT2D eigenvalue weighted by Crippen LogP contribution is 2.33. The molecule has 0 fully saturated rings. The van der Waals surface area contributed by atoms with E-state index in [1.807, 2.05) is 0 Å². The summed E-state index contributed by atoms with van der Waals surface area (Å²) in [4.78, 5) is 24.9. The largest absolute Gasteiger partial charge is 0.479 e. The molecule has 1 aliphatic heterocycles. The topological polar surface area (TPSA) is 81.4 Å². The molecule has 0 atom stereocenters. The van der Waals surface area contributed by atoms with E-state index in [1.165, 1.54) is 41.9 Å². The predicted octanol–water partition coefficient (Wildman–Crippen LogP) is 5.49. The van der Waals surface area contributed by atoms with E-state index < -0.39 is 17.8 Å². The van der Waals surface area contributed by atoms with E-state index in [4.69, 9.17) is 34.4 Å². The van der Waals surface area contributed by atoms with Crippen LogP contribution in [-0.2, 0) is 19.1 Å². The fourth-order valence-electron chi connectivity index (χ4n) is 3.48. The molecule has 38 heavy (non-hydrogen) atoms. The zero-order chi connectivity index (χ0) is 28.0. The summed E-state index contributed by atoms with van der Waals surface area (Å²) in [6, 6.07) is 7.12. The Balaban J connectivity index is 0.000000223. The highest BCUT2D eigenvalue weighted by molar-refractivity contribution is 6.36. The summed E-state index contributed by atoms with van der Waals surface area (Å²) in [5.41, 5.74) is -0.440. The first kappa shape index (κ1) is 28.9. The smallest absolute Gasteiger partial charge is 0.416 e. The van der Waals surface area contributed by atoms with Gasteiger partial charge in [0.05, 0.1) is 21.3 Å². The molecule has 0 bridgehead atoms. The summed E-state index contributed by atoms with van der Waals surface area (Å²) in [5.74, 6) is 3.51. The van der Waals surface area contributed by atoms with Gasteiger partial charge in [0.15, 0.2) is 0 Å². The van der Waals surface area contributed by atoms with Gasteiger partial charge in [0.2, 0.25) is 0 Å². The van der Waals surface area contributed by atoms with Crippen molar-refractivity contribution < 1.29 is 22.7 Å². The number of nitrogens with zero attached hydrogens (tertiary/aromatic N) is 4. The molecule has 3 aromatic rings. The third-order valence-electron chi connectivity index (χ3n) is 5.36. The molecular weight excluding hydrogens is 546 g/mol. The zero-order valence-corrected chi connectivity index (χ0v) is 22.0. The van der Waals surface area contributed by atoms with Gasteiger partial charge in [0.25, 0.3) is 0 Å². The zero-order valence-electron chi connectivity index (χ0n) is 20.5.